The Morgan fingerprint density at radius 3 is 2.89 bits per heavy atom. The summed E-state index contributed by atoms with van der Waals surface area (Å²) in [5.41, 5.74) is 1.54. The Bertz CT molecular complexity index is 470. The van der Waals surface area contributed by atoms with Crippen LogP contribution in [-0.2, 0) is 9.47 Å². The number of anilines is 1. The lowest BCUT2D eigenvalue weighted by atomic mass is 10.0. The molecule has 1 aromatic rings. The molecule has 0 aromatic heterocycles. The molecule has 1 aromatic carbocycles. The van der Waals surface area contributed by atoms with Gasteiger partial charge in [-0.1, -0.05) is 0 Å². The van der Waals surface area contributed by atoms with Crippen LogP contribution in [0.15, 0.2) is 18.2 Å². The van der Waals surface area contributed by atoms with E-state index in [1.807, 2.05) is 6.92 Å². The zero-order valence-electron chi connectivity index (χ0n) is 11.1. The highest BCUT2D eigenvalue weighted by molar-refractivity contribution is 5.55. The quantitative estimate of drug-likeness (QED) is 0.652. The third kappa shape index (κ3) is 3.02. The highest BCUT2D eigenvalue weighted by Gasteiger charge is 2.34. The van der Waals surface area contributed by atoms with Gasteiger partial charge in [0.25, 0.3) is 5.69 Å². The fraction of sp³-hybridized carbons (Fsp3) is 0.538. The summed E-state index contributed by atoms with van der Waals surface area (Å²) in [6.45, 7) is 3.75. The van der Waals surface area contributed by atoms with E-state index in [2.05, 4.69) is 5.32 Å². The maximum Gasteiger partial charge on any atom is 0.269 e. The number of non-ortho nitro benzene ring substituents is 1. The van der Waals surface area contributed by atoms with E-state index >= 15 is 0 Å². The molecule has 1 heterocycles. The van der Waals surface area contributed by atoms with E-state index < -0.39 is 4.92 Å². The number of nitrogens with one attached hydrogen (secondary N) is 1. The number of nitro benzene ring substituents is 1. The molecule has 0 bridgehead atoms. The number of hydrogen-bond donors (Lipinski definition) is 1. The lowest BCUT2D eigenvalue weighted by molar-refractivity contribution is -0.384. The zero-order chi connectivity index (χ0) is 13.9. The maximum absolute atomic E-state index is 10.7. The highest BCUT2D eigenvalue weighted by atomic mass is 16.6. The molecule has 1 fully saturated rings. The van der Waals surface area contributed by atoms with Gasteiger partial charge in [0.05, 0.1) is 11.5 Å². The molecule has 0 radical (unpaired) electrons. The summed E-state index contributed by atoms with van der Waals surface area (Å²) in [5.74, 6) is 0. The van der Waals surface area contributed by atoms with Crippen molar-refractivity contribution in [2.45, 2.75) is 18.9 Å². The molecule has 1 aliphatic heterocycles. The minimum atomic E-state index is -0.391. The average Bonchev–Trinajstić information content (AvgIpc) is 2.86. The van der Waals surface area contributed by atoms with Crippen LogP contribution in [0.3, 0.4) is 0 Å². The Labute approximate surface area is 111 Å². The van der Waals surface area contributed by atoms with Crippen molar-refractivity contribution in [3.8, 4) is 0 Å². The number of nitrogens with zero attached hydrogens (tertiary/aromatic N) is 1. The third-order valence-electron chi connectivity index (χ3n) is 3.52. The van der Waals surface area contributed by atoms with Crippen molar-refractivity contribution in [2.75, 3.05) is 32.2 Å². The summed E-state index contributed by atoms with van der Waals surface area (Å²) in [7, 11) is 1.68. The van der Waals surface area contributed by atoms with Gasteiger partial charge in [0, 0.05) is 44.5 Å². The molecule has 0 amide bonds. The predicted molar refractivity (Wildman–Crippen MR) is 71.5 cm³/mol. The third-order valence-corrected chi connectivity index (χ3v) is 3.52. The fourth-order valence-corrected chi connectivity index (χ4v) is 2.18. The van der Waals surface area contributed by atoms with Crippen LogP contribution in [0.5, 0.6) is 0 Å². The number of hydrogen-bond acceptors (Lipinski definition) is 5. The van der Waals surface area contributed by atoms with Gasteiger partial charge in [0.1, 0.15) is 5.60 Å². The fourth-order valence-electron chi connectivity index (χ4n) is 2.18. The number of benzene rings is 1. The molecular formula is C13H18N2O4. The molecule has 1 aliphatic rings. The Hall–Kier alpha value is -1.66. The molecule has 19 heavy (non-hydrogen) atoms. The van der Waals surface area contributed by atoms with Gasteiger partial charge < -0.3 is 14.8 Å². The van der Waals surface area contributed by atoms with Gasteiger partial charge in [0.2, 0.25) is 0 Å². The largest absolute Gasteiger partial charge is 0.382 e. The van der Waals surface area contributed by atoms with Crippen molar-refractivity contribution >= 4 is 11.4 Å². The maximum atomic E-state index is 10.7. The lowest BCUT2D eigenvalue weighted by Crippen LogP contribution is -2.39. The van der Waals surface area contributed by atoms with E-state index in [1.54, 1.807) is 19.2 Å². The van der Waals surface area contributed by atoms with Crippen molar-refractivity contribution in [2.24, 2.45) is 0 Å². The molecule has 1 saturated heterocycles. The van der Waals surface area contributed by atoms with Crippen LogP contribution in [0.2, 0.25) is 0 Å². The smallest absolute Gasteiger partial charge is 0.269 e. The molecule has 6 heteroatoms. The molecule has 104 valence electrons. The van der Waals surface area contributed by atoms with E-state index in [-0.39, 0.29) is 11.3 Å². The lowest BCUT2D eigenvalue weighted by Gasteiger charge is -2.26. The normalized spacial score (nSPS) is 22.4. The number of aryl methyl sites for hydroxylation is 1. The van der Waals surface area contributed by atoms with E-state index in [9.17, 15) is 10.1 Å². The summed E-state index contributed by atoms with van der Waals surface area (Å²) >= 11 is 0. The van der Waals surface area contributed by atoms with Crippen LogP contribution < -0.4 is 5.32 Å². The minimum absolute atomic E-state index is 0.105. The van der Waals surface area contributed by atoms with Gasteiger partial charge in [0.15, 0.2) is 0 Å². The summed E-state index contributed by atoms with van der Waals surface area (Å²) < 4.78 is 10.9. The second kappa shape index (κ2) is 5.54. The van der Waals surface area contributed by atoms with Gasteiger partial charge in [-0.15, -0.1) is 0 Å². The predicted octanol–water partition coefficient (Wildman–Crippen LogP) is 2.12. The van der Waals surface area contributed by atoms with Crippen molar-refractivity contribution in [1.82, 2.24) is 0 Å². The van der Waals surface area contributed by atoms with Crippen molar-refractivity contribution in [1.29, 1.82) is 0 Å². The number of nitro groups is 1. The first-order chi connectivity index (χ1) is 9.06. The number of methoxy groups -OCH3 is 1. The van der Waals surface area contributed by atoms with E-state index in [4.69, 9.17) is 9.47 Å². The van der Waals surface area contributed by atoms with Gasteiger partial charge in [-0.25, -0.2) is 0 Å². The van der Waals surface area contributed by atoms with Gasteiger partial charge in [-0.05, 0) is 18.6 Å². The molecule has 0 saturated carbocycles. The molecule has 0 aliphatic carbocycles. The number of rotatable bonds is 5. The standard InChI is InChI=1S/C13H18N2O4/c1-10-7-11(15(16)17)3-4-12(10)14-8-13(18-2)5-6-19-9-13/h3-4,7,14H,5-6,8-9H2,1-2H3. The van der Waals surface area contributed by atoms with Crippen LogP contribution in [0, 0.1) is 17.0 Å². The molecule has 2 rings (SSSR count). The Morgan fingerprint density at radius 1 is 1.58 bits per heavy atom. The van der Waals surface area contributed by atoms with Crippen molar-refractivity contribution < 1.29 is 14.4 Å². The highest BCUT2D eigenvalue weighted by Crippen LogP contribution is 2.25. The zero-order valence-corrected chi connectivity index (χ0v) is 11.1. The van der Waals surface area contributed by atoms with Crippen LogP contribution in [0.4, 0.5) is 11.4 Å². The van der Waals surface area contributed by atoms with Gasteiger partial charge in [-0.3, -0.25) is 10.1 Å². The summed E-state index contributed by atoms with van der Waals surface area (Å²) in [6, 6.07) is 4.79. The Kier molecular flexibility index (Phi) is 4.01. The first-order valence-corrected chi connectivity index (χ1v) is 6.18. The van der Waals surface area contributed by atoms with Crippen LogP contribution in [0.25, 0.3) is 0 Å². The summed E-state index contributed by atoms with van der Waals surface area (Å²) in [6.07, 6.45) is 0.850. The molecule has 1 atom stereocenters. The second-order valence-corrected chi connectivity index (χ2v) is 4.80. The van der Waals surface area contributed by atoms with Crippen LogP contribution in [-0.4, -0.2) is 37.4 Å². The molecule has 0 spiro atoms. The van der Waals surface area contributed by atoms with Gasteiger partial charge >= 0.3 is 0 Å². The minimum Gasteiger partial charge on any atom is -0.382 e. The van der Waals surface area contributed by atoms with Crippen molar-refractivity contribution in [3.63, 3.8) is 0 Å². The number of ether oxygens (including phenoxy) is 2. The molecule has 1 N–H and O–H groups in total. The summed E-state index contributed by atoms with van der Waals surface area (Å²) in [5, 5.41) is 14.0. The van der Waals surface area contributed by atoms with E-state index in [0.717, 1.165) is 17.7 Å². The van der Waals surface area contributed by atoms with Crippen LogP contribution >= 0.6 is 0 Å². The van der Waals surface area contributed by atoms with Crippen LogP contribution in [0.1, 0.15) is 12.0 Å². The first-order valence-electron chi connectivity index (χ1n) is 6.18. The monoisotopic (exact) mass is 266 g/mol. The Morgan fingerprint density at radius 2 is 2.37 bits per heavy atom. The molecule has 1 unspecified atom stereocenters. The topological polar surface area (TPSA) is 73.6 Å². The van der Waals surface area contributed by atoms with E-state index in [1.165, 1.54) is 6.07 Å². The van der Waals surface area contributed by atoms with Crippen molar-refractivity contribution in [3.05, 3.63) is 33.9 Å². The SMILES string of the molecule is COC1(CNc2ccc([N+](=O)[O-])cc2C)CCOC1. The molecular weight excluding hydrogens is 248 g/mol. The summed E-state index contributed by atoms with van der Waals surface area (Å²) in [4.78, 5) is 10.3. The molecule has 6 nitrogen and oxygen atoms in total. The van der Waals surface area contributed by atoms with Gasteiger partial charge in [-0.2, -0.15) is 0 Å². The first kappa shape index (κ1) is 13.8. The second-order valence-electron chi connectivity index (χ2n) is 4.80. The van der Waals surface area contributed by atoms with E-state index in [0.29, 0.717) is 19.8 Å². The average molecular weight is 266 g/mol. The Balaban J connectivity index is 2.05.